The molecule has 9 heteroatoms. The average Bonchev–Trinajstić information content (AvgIpc) is 3.15. The van der Waals surface area contributed by atoms with Gasteiger partial charge in [0.05, 0.1) is 23.0 Å². The van der Waals surface area contributed by atoms with Gasteiger partial charge in [0.1, 0.15) is 0 Å². The Labute approximate surface area is 172 Å². The predicted octanol–water partition coefficient (Wildman–Crippen LogP) is 5.50. The molecule has 0 spiro atoms. The Balaban J connectivity index is 1.72. The Morgan fingerprint density at radius 3 is 2.72 bits per heavy atom. The Morgan fingerprint density at radius 1 is 1.28 bits per heavy atom. The molecule has 2 unspecified atom stereocenters. The van der Waals surface area contributed by atoms with Crippen LogP contribution in [0, 0.1) is 11.8 Å². The molecule has 1 aromatic heterocycles. The lowest BCUT2D eigenvalue weighted by molar-refractivity contribution is -0.187. The summed E-state index contributed by atoms with van der Waals surface area (Å²) in [6.07, 6.45) is -2.78. The minimum Gasteiger partial charge on any atom is -0.419 e. The predicted molar refractivity (Wildman–Crippen MR) is 102 cm³/mol. The molecule has 29 heavy (non-hydrogen) atoms. The third-order valence-corrected chi connectivity index (χ3v) is 5.52. The van der Waals surface area contributed by atoms with Crippen molar-refractivity contribution in [2.75, 3.05) is 6.54 Å². The number of carbonyl (C=O) groups is 1. The van der Waals surface area contributed by atoms with Gasteiger partial charge in [-0.05, 0) is 37.8 Å². The third kappa shape index (κ3) is 5.29. The van der Waals surface area contributed by atoms with Crippen LogP contribution in [-0.4, -0.2) is 33.7 Å². The van der Waals surface area contributed by atoms with E-state index in [0.717, 1.165) is 0 Å². The zero-order valence-corrected chi connectivity index (χ0v) is 16.8. The lowest BCUT2D eigenvalue weighted by Crippen LogP contribution is -2.40. The van der Waals surface area contributed by atoms with Crippen LogP contribution in [0.3, 0.4) is 0 Å². The molecule has 1 heterocycles. The summed E-state index contributed by atoms with van der Waals surface area (Å²) in [6.45, 7) is 2.38. The molecule has 2 atom stereocenters. The zero-order chi connectivity index (χ0) is 21.0. The average molecular weight is 430 g/mol. The van der Waals surface area contributed by atoms with Gasteiger partial charge in [0.15, 0.2) is 0 Å². The summed E-state index contributed by atoms with van der Waals surface area (Å²) in [5.74, 6) is -1.86. The molecular weight excluding hydrogens is 407 g/mol. The van der Waals surface area contributed by atoms with E-state index in [0.29, 0.717) is 36.4 Å². The number of alkyl halides is 3. The van der Waals surface area contributed by atoms with Crippen LogP contribution in [-0.2, 0) is 11.3 Å². The van der Waals surface area contributed by atoms with Gasteiger partial charge < -0.3 is 9.32 Å². The van der Waals surface area contributed by atoms with E-state index in [1.165, 1.54) is 4.90 Å². The highest BCUT2D eigenvalue weighted by Gasteiger charge is 2.44. The number of amides is 1. The van der Waals surface area contributed by atoms with Crippen molar-refractivity contribution >= 4 is 17.5 Å². The van der Waals surface area contributed by atoms with E-state index in [9.17, 15) is 18.0 Å². The van der Waals surface area contributed by atoms with Crippen LogP contribution >= 0.6 is 11.6 Å². The third-order valence-electron chi connectivity index (χ3n) is 5.19. The molecule has 1 aromatic carbocycles. The maximum atomic E-state index is 13.1. The summed E-state index contributed by atoms with van der Waals surface area (Å²) in [5, 5.41) is 8.44. The van der Waals surface area contributed by atoms with Crippen molar-refractivity contribution in [3.8, 4) is 11.5 Å². The minimum absolute atomic E-state index is 0.0668. The summed E-state index contributed by atoms with van der Waals surface area (Å²) < 4.78 is 45.0. The zero-order valence-electron chi connectivity index (χ0n) is 16.1. The fourth-order valence-electron chi connectivity index (χ4n) is 3.73. The quantitative estimate of drug-likeness (QED) is 0.608. The van der Waals surface area contributed by atoms with Crippen LogP contribution in [0.5, 0.6) is 0 Å². The molecule has 1 fully saturated rings. The molecule has 158 valence electrons. The van der Waals surface area contributed by atoms with E-state index in [1.54, 1.807) is 24.3 Å². The second kappa shape index (κ2) is 9.15. The summed E-state index contributed by atoms with van der Waals surface area (Å²) in [5.41, 5.74) is 0.585. The number of rotatable bonds is 6. The number of benzene rings is 1. The van der Waals surface area contributed by atoms with Gasteiger partial charge in [-0.2, -0.15) is 13.2 Å². The first-order valence-corrected chi connectivity index (χ1v) is 10.1. The van der Waals surface area contributed by atoms with Gasteiger partial charge in [0.25, 0.3) is 0 Å². The number of aromatic nitrogens is 2. The van der Waals surface area contributed by atoms with Crippen LogP contribution in [0.1, 0.15) is 44.9 Å². The van der Waals surface area contributed by atoms with Gasteiger partial charge in [-0.25, -0.2) is 0 Å². The summed E-state index contributed by atoms with van der Waals surface area (Å²) >= 11 is 6.14. The molecule has 0 aliphatic heterocycles. The van der Waals surface area contributed by atoms with Crippen molar-refractivity contribution < 1.29 is 22.4 Å². The van der Waals surface area contributed by atoms with Gasteiger partial charge in [-0.15, -0.1) is 10.2 Å². The van der Waals surface area contributed by atoms with Crippen LogP contribution in [0.2, 0.25) is 5.02 Å². The molecule has 0 bridgehead atoms. The molecule has 1 amide bonds. The molecule has 2 aromatic rings. The second-order valence-electron chi connectivity index (χ2n) is 7.34. The molecule has 1 saturated carbocycles. The molecule has 1 aliphatic rings. The van der Waals surface area contributed by atoms with E-state index in [-0.39, 0.29) is 37.1 Å². The second-order valence-corrected chi connectivity index (χ2v) is 7.75. The van der Waals surface area contributed by atoms with Crippen LogP contribution in [0.25, 0.3) is 11.5 Å². The van der Waals surface area contributed by atoms with Crippen molar-refractivity contribution in [1.82, 2.24) is 15.1 Å². The molecule has 5 nitrogen and oxygen atoms in total. The molecule has 0 N–H and O–H groups in total. The van der Waals surface area contributed by atoms with E-state index in [2.05, 4.69) is 10.2 Å². The van der Waals surface area contributed by atoms with Gasteiger partial charge in [0, 0.05) is 12.5 Å². The fourth-order valence-corrected chi connectivity index (χ4v) is 3.95. The standard InChI is InChI=1S/C20H23ClF3N3O2/c1-2-10-27(19(28)13-6-5-7-14(11-13)20(22,23)24)12-17-25-26-18(29-17)15-8-3-4-9-16(15)21/h3-4,8-9,13-14H,2,5-7,10-12H2,1H3. The van der Waals surface area contributed by atoms with Gasteiger partial charge in [-0.3, -0.25) is 4.79 Å². The summed E-state index contributed by atoms with van der Waals surface area (Å²) in [4.78, 5) is 14.5. The lowest BCUT2D eigenvalue weighted by atomic mass is 9.80. The van der Waals surface area contributed by atoms with Gasteiger partial charge >= 0.3 is 6.18 Å². The summed E-state index contributed by atoms with van der Waals surface area (Å²) in [7, 11) is 0. The molecule has 1 aliphatic carbocycles. The van der Waals surface area contributed by atoms with Crippen LogP contribution in [0.15, 0.2) is 28.7 Å². The maximum Gasteiger partial charge on any atom is 0.391 e. The number of hydrogen-bond acceptors (Lipinski definition) is 4. The smallest absolute Gasteiger partial charge is 0.391 e. The Morgan fingerprint density at radius 2 is 2.03 bits per heavy atom. The van der Waals surface area contributed by atoms with Crippen LogP contribution < -0.4 is 0 Å². The SMILES string of the molecule is CCCN(Cc1nnc(-c2ccccc2Cl)o1)C(=O)C1CCCC(C(F)(F)F)C1. The maximum absolute atomic E-state index is 13.1. The highest BCUT2D eigenvalue weighted by molar-refractivity contribution is 6.33. The van der Waals surface area contributed by atoms with Crippen molar-refractivity contribution in [2.45, 2.75) is 51.7 Å². The summed E-state index contributed by atoms with van der Waals surface area (Å²) in [6, 6.07) is 7.02. The van der Waals surface area contributed by atoms with Gasteiger partial charge in [0.2, 0.25) is 17.7 Å². The van der Waals surface area contributed by atoms with Crippen LogP contribution in [0.4, 0.5) is 13.2 Å². The highest BCUT2D eigenvalue weighted by Crippen LogP contribution is 2.40. The molecule has 0 radical (unpaired) electrons. The van der Waals surface area contributed by atoms with Crippen molar-refractivity contribution in [3.63, 3.8) is 0 Å². The van der Waals surface area contributed by atoms with E-state index in [4.69, 9.17) is 16.0 Å². The number of nitrogens with zero attached hydrogens (tertiary/aromatic N) is 3. The van der Waals surface area contributed by atoms with Crippen molar-refractivity contribution in [1.29, 1.82) is 0 Å². The Bertz CT molecular complexity index is 840. The molecule has 3 rings (SSSR count). The normalized spacial score (nSPS) is 19.9. The van der Waals surface area contributed by atoms with E-state index in [1.807, 2.05) is 6.92 Å². The minimum atomic E-state index is -4.26. The molecule has 0 saturated heterocycles. The lowest BCUT2D eigenvalue weighted by Gasteiger charge is -2.33. The first-order chi connectivity index (χ1) is 13.8. The molecular formula is C20H23ClF3N3O2. The van der Waals surface area contributed by atoms with Crippen molar-refractivity contribution in [3.05, 3.63) is 35.2 Å². The number of carbonyl (C=O) groups excluding carboxylic acids is 1. The fraction of sp³-hybridized carbons (Fsp3) is 0.550. The van der Waals surface area contributed by atoms with Gasteiger partial charge in [-0.1, -0.05) is 37.1 Å². The Hall–Kier alpha value is -2.09. The highest BCUT2D eigenvalue weighted by atomic mass is 35.5. The van der Waals surface area contributed by atoms with E-state index >= 15 is 0 Å². The Kier molecular flexibility index (Phi) is 6.82. The van der Waals surface area contributed by atoms with E-state index < -0.39 is 18.0 Å². The largest absolute Gasteiger partial charge is 0.419 e. The number of hydrogen-bond donors (Lipinski definition) is 0. The van der Waals surface area contributed by atoms with Crippen molar-refractivity contribution in [2.24, 2.45) is 11.8 Å². The monoisotopic (exact) mass is 429 g/mol. The first-order valence-electron chi connectivity index (χ1n) is 9.72. The first kappa shape index (κ1) is 21.6. The topological polar surface area (TPSA) is 59.2 Å². The number of halogens is 4.